The fourth-order valence-corrected chi connectivity index (χ4v) is 4.94. The fraction of sp³-hybridized carbons (Fsp3) is 0.280. The summed E-state index contributed by atoms with van der Waals surface area (Å²) in [5, 5.41) is 19.3. The highest BCUT2D eigenvalue weighted by atomic mass is 32.1. The Morgan fingerprint density at radius 3 is 2.80 bits per heavy atom. The molecule has 9 nitrogen and oxygen atoms in total. The predicted octanol–water partition coefficient (Wildman–Crippen LogP) is 4.47. The van der Waals surface area contributed by atoms with Gasteiger partial charge in [-0.2, -0.15) is 0 Å². The van der Waals surface area contributed by atoms with Crippen molar-refractivity contribution in [3.8, 4) is 0 Å². The number of carbonyl (C=O) groups excluding carboxylic acids is 2. The first kappa shape index (κ1) is 24.4. The summed E-state index contributed by atoms with van der Waals surface area (Å²) in [6.07, 6.45) is 0.837. The number of benzene rings is 2. The van der Waals surface area contributed by atoms with Crippen LogP contribution >= 0.6 is 11.3 Å². The molecule has 0 radical (unpaired) electrons. The molecule has 2 amide bonds. The second-order valence-electron chi connectivity index (χ2n) is 8.19. The third-order valence-corrected chi connectivity index (χ3v) is 7.01. The quantitative estimate of drug-likeness (QED) is 0.271. The number of hydrogen-bond donors (Lipinski definition) is 2. The van der Waals surface area contributed by atoms with Gasteiger partial charge in [0, 0.05) is 54.5 Å². The van der Waals surface area contributed by atoms with Gasteiger partial charge in [0.25, 0.3) is 17.5 Å². The zero-order chi connectivity index (χ0) is 24.9. The third kappa shape index (κ3) is 5.33. The minimum absolute atomic E-state index is 0.0856. The second kappa shape index (κ2) is 10.7. The van der Waals surface area contributed by atoms with E-state index in [1.165, 1.54) is 28.6 Å². The first-order valence-electron chi connectivity index (χ1n) is 11.2. The van der Waals surface area contributed by atoms with Gasteiger partial charge < -0.3 is 20.3 Å². The lowest BCUT2D eigenvalue weighted by atomic mass is 10.0. The Morgan fingerprint density at radius 2 is 2.03 bits per heavy atom. The molecule has 2 aromatic carbocycles. The summed E-state index contributed by atoms with van der Waals surface area (Å²) in [5.41, 5.74) is 3.08. The van der Waals surface area contributed by atoms with Crippen LogP contribution in [0.3, 0.4) is 0 Å². The van der Waals surface area contributed by atoms with Crippen LogP contribution in [-0.2, 0) is 17.7 Å². The van der Waals surface area contributed by atoms with Gasteiger partial charge in [0.1, 0.15) is 5.69 Å². The molecule has 3 aromatic rings. The van der Waals surface area contributed by atoms with Crippen molar-refractivity contribution in [2.24, 2.45) is 0 Å². The molecule has 0 aliphatic carbocycles. The van der Waals surface area contributed by atoms with E-state index in [-0.39, 0.29) is 17.2 Å². The molecule has 0 saturated heterocycles. The van der Waals surface area contributed by atoms with Crippen molar-refractivity contribution in [1.29, 1.82) is 0 Å². The Balaban J connectivity index is 1.51. The summed E-state index contributed by atoms with van der Waals surface area (Å²) in [4.78, 5) is 40.3. The first-order chi connectivity index (χ1) is 16.9. The average Bonchev–Trinajstić information content (AvgIpc) is 3.33. The molecule has 1 aliphatic heterocycles. The van der Waals surface area contributed by atoms with Gasteiger partial charge in [0.2, 0.25) is 0 Å². The van der Waals surface area contributed by atoms with Crippen LogP contribution in [-0.4, -0.2) is 48.4 Å². The highest BCUT2D eigenvalue weighted by Crippen LogP contribution is 2.29. The van der Waals surface area contributed by atoms with Crippen LogP contribution in [0.1, 0.15) is 36.7 Å². The monoisotopic (exact) mass is 494 g/mol. The largest absolute Gasteiger partial charge is 0.383 e. The number of carbonyl (C=O) groups is 2. The summed E-state index contributed by atoms with van der Waals surface area (Å²) in [5.74, 6) is -0.581. The van der Waals surface area contributed by atoms with E-state index in [1.807, 2.05) is 10.3 Å². The zero-order valence-electron chi connectivity index (χ0n) is 19.5. The Labute approximate surface area is 206 Å². The normalized spacial score (nSPS) is 12.7. The van der Waals surface area contributed by atoms with E-state index in [0.717, 1.165) is 6.42 Å². The highest BCUT2D eigenvalue weighted by Gasteiger charge is 2.25. The molecular weight excluding hydrogens is 468 g/mol. The smallest absolute Gasteiger partial charge is 0.293 e. The van der Waals surface area contributed by atoms with E-state index in [1.54, 1.807) is 43.6 Å². The minimum Gasteiger partial charge on any atom is -0.383 e. The Bertz CT molecular complexity index is 1270. The number of fused-ring (bicyclic) bond motifs is 1. The number of rotatable bonds is 8. The van der Waals surface area contributed by atoms with Gasteiger partial charge in [-0.3, -0.25) is 19.7 Å². The molecule has 35 heavy (non-hydrogen) atoms. The molecule has 2 heterocycles. The minimum atomic E-state index is -0.534. The van der Waals surface area contributed by atoms with Crippen molar-refractivity contribution >= 4 is 40.2 Å². The van der Waals surface area contributed by atoms with Crippen LogP contribution in [0.15, 0.2) is 47.8 Å². The molecule has 10 heteroatoms. The van der Waals surface area contributed by atoms with Gasteiger partial charge in [-0.1, -0.05) is 6.07 Å². The van der Waals surface area contributed by atoms with Crippen LogP contribution in [0.4, 0.5) is 17.1 Å². The van der Waals surface area contributed by atoms with E-state index in [9.17, 15) is 19.7 Å². The molecule has 0 atom stereocenters. The van der Waals surface area contributed by atoms with Gasteiger partial charge in [-0.05, 0) is 60.2 Å². The van der Waals surface area contributed by atoms with E-state index in [2.05, 4.69) is 16.7 Å². The third-order valence-electron chi connectivity index (χ3n) is 5.99. The van der Waals surface area contributed by atoms with Crippen LogP contribution in [0.2, 0.25) is 0 Å². The molecule has 0 bridgehead atoms. The number of nitro benzene ring substituents is 1. The number of nitrogens with one attached hydrogen (secondary N) is 2. The molecule has 0 unspecified atom stereocenters. The molecule has 1 aliphatic rings. The lowest BCUT2D eigenvalue weighted by Crippen LogP contribution is -2.35. The summed E-state index contributed by atoms with van der Waals surface area (Å²) >= 11 is 1.72. The number of ether oxygens (including phenoxy) is 1. The SMILES string of the molecule is COCCNc1ccc(C(=O)Nc2cccc(C(=O)N3CCc4sccc4C3)c2C)cc1[N+](=O)[O-]. The maximum Gasteiger partial charge on any atom is 0.293 e. The summed E-state index contributed by atoms with van der Waals surface area (Å²) in [6, 6.07) is 11.5. The molecule has 182 valence electrons. The van der Waals surface area contributed by atoms with Crippen LogP contribution in [0, 0.1) is 17.0 Å². The van der Waals surface area contributed by atoms with Gasteiger partial charge in [0.15, 0.2) is 0 Å². The van der Waals surface area contributed by atoms with Gasteiger partial charge in [0.05, 0.1) is 11.5 Å². The predicted molar refractivity (Wildman–Crippen MR) is 135 cm³/mol. The highest BCUT2D eigenvalue weighted by molar-refractivity contribution is 7.10. The summed E-state index contributed by atoms with van der Waals surface area (Å²) in [7, 11) is 1.54. The van der Waals surface area contributed by atoms with Crippen LogP contribution in [0.5, 0.6) is 0 Å². The molecular formula is C25H26N4O5S. The van der Waals surface area contributed by atoms with E-state index in [0.29, 0.717) is 48.7 Å². The Kier molecular flexibility index (Phi) is 7.42. The lowest BCUT2D eigenvalue weighted by Gasteiger charge is -2.28. The number of methoxy groups -OCH3 is 1. The number of nitro groups is 1. The van der Waals surface area contributed by atoms with Gasteiger partial charge in [-0.15, -0.1) is 11.3 Å². The number of nitrogens with zero attached hydrogens (tertiary/aromatic N) is 2. The fourth-order valence-electron chi connectivity index (χ4n) is 4.05. The standard InChI is InChI=1S/C25H26N4O5S/c1-16-19(25(31)28-11-8-23-18(15-28)9-13-35-23)4-3-5-20(16)27-24(30)17-6-7-21(26-10-12-34-2)22(14-17)29(32)33/h3-7,9,13-14,26H,8,10-12,15H2,1-2H3,(H,27,30). The van der Waals surface area contributed by atoms with E-state index >= 15 is 0 Å². The zero-order valence-corrected chi connectivity index (χ0v) is 20.3. The van der Waals surface area contributed by atoms with Gasteiger partial charge >= 0.3 is 0 Å². The maximum atomic E-state index is 13.3. The molecule has 0 fully saturated rings. The summed E-state index contributed by atoms with van der Waals surface area (Å²) in [6.45, 7) is 3.79. The number of thiophene rings is 1. The summed E-state index contributed by atoms with van der Waals surface area (Å²) < 4.78 is 4.96. The van der Waals surface area contributed by atoms with Crippen molar-refractivity contribution in [1.82, 2.24) is 4.90 Å². The van der Waals surface area contributed by atoms with Crippen molar-refractivity contribution < 1.29 is 19.2 Å². The first-order valence-corrected chi connectivity index (χ1v) is 12.0. The molecule has 4 rings (SSSR count). The number of hydrogen-bond acceptors (Lipinski definition) is 7. The van der Waals surface area contributed by atoms with Crippen molar-refractivity contribution in [2.45, 2.75) is 19.9 Å². The molecule has 0 saturated carbocycles. The van der Waals surface area contributed by atoms with E-state index < -0.39 is 10.8 Å². The maximum absolute atomic E-state index is 13.3. The topological polar surface area (TPSA) is 114 Å². The Morgan fingerprint density at radius 1 is 1.20 bits per heavy atom. The number of amides is 2. The molecule has 2 N–H and O–H groups in total. The Hall–Kier alpha value is -3.76. The lowest BCUT2D eigenvalue weighted by molar-refractivity contribution is -0.384. The number of anilines is 2. The van der Waals surface area contributed by atoms with Crippen molar-refractivity contribution in [2.75, 3.05) is 37.4 Å². The van der Waals surface area contributed by atoms with Gasteiger partial charge in [-0.25, -0.2) is 0 Å². The second-order valence-corrected chi connectivity index (χ2v) is 9.19. The van der Waals surface area contributed by atoms with Crippen molar-refractivity contribution in [3.05, 3.63) is 85.1 Å². The molecule has 1 aromatic heterocycles. The average molecular weight is 495 g/mol. The van der Waals surface area contributed by atoms with E-state index in [4.69, 9.17) is 4.74 Å². The molecule has 0 spiro atoms. The van der Waals surface area contributed by atoms with Crippen molar-refractivity contribution in [3.63, 3.8) is 0 Å². The van der Waals surface area contributed by atoms with Crippen LogP contribution in [0.25, 0.3) is 0 Å². The van der Waals surface area contributed by atoms with Crippen LogP contribution < -0.4 is 10.6 Å².